The first-order chi connectivity index (χ1) is 9.51. The largest absolute Gasteiger partial charge is 0.465 e. The van der Waals surface area contributed by atoms with Crippen LogP contribution in [0.3, 0.4) is 0 Å². The molecule has 6 nitrogen and oxygen atoms in total. The van der Waals surface area contributed by atoms with Gasteiger partial charge in [-0.1, -0.05) is 0 Å². The Morgan fingerprint density at radius 2 is 1.85 bits per heavy atom. The van der Waals surface area contributed by atoms with E-state index in [1.54, 1.807) is 17.5 Å². The molecule has 7 heteroatoms. The van der Waals surface area contributed by atoms with Crippen LogP contribution in [-0.2, 0) is 4.74 Å². The number of amides is 1. The van der Waals surface area contributed by atoms with E-state index in [2.05, 4.69) is 10.1 Å². The summed E-state index contributed by atoms with van der Waals surface area (Å²) in [5, 5.41) is 4.33. The van der Waals surface area contributed by atoms with Gasteiger partial charge < -0.3 is 21.5 Å². The van der Waals surface area contributed by atoms with Gasteiger partial charge >= 0.3 is 5.97 Å². The third kappa shape index (κ3) is 2.89. The minimum Gasteiger partial charge on any atom is -0.465 e. The zero-order valence-corrected chi connectivity index (χ0v) is 11.5. The predicted molar refractivity (Wildman–Crippen MR) is 78.9 cm³/mol. The van der Waals surface area contributed by atoms with Crippen LogP contribution in [0, 0.1) is 0 Å². The normalized spacial score (nSPS) is 10.1. The van der Waals surface area contributed by atoms with Crippen molar-refractivity contribution in [1.29, 1.82) is 0 Å². The Kier molecular flexibility index (Phi) is 3.90. The van der Waals surface area contributed by atoms with E-state index in [4.69, 9.17) is 11.5 Å². The lowest BCUT2D eigenvalue weighted by atomic mass is 10.1. The summed E-state index contributed by atoms with van der Waals surface area (Å²) in [6.07, 6.45) is 0. The fraction of sp³-hybridized carbons (Fsp3) is 0.0769. The van der Waals surface area contributed by atoms with E-state index >= 15 is 0 Å². The molecule has 2 rings (SSSR count). The molecule has 0 unspecified atom stereocenters. The number of hydrogen-bond donors (Lipinski definition) is 3. The Morgan fingerprint density at radius 3 is 2.45 bits per heavy atom. The number of ether oxygens (including phenoxy) is 1. The van der Waals surface area contributed by atoms with Crippen molar-refractivity contribution in [2.24, 2.45) is 0 Å². The number of nitrogens with two attached hydrogens (primary N) is 2. The van der Waals surface area contributed by atoms with Gasteiger partial charge in [0.25, 0.3) is 5.91 Å². The van der Waals surface area contributed by atoms with E-state index in [9.17, 15) is 9.59 Å². The van der Waals surface area contributed by atoms with E-state index < -0.39 is 11.9 Å². The lowest BCUT2D eigenvalue weighted by Crippen LogP contribution is -2.14. The van der Waals surface area contributed by atoms with Crippen molar-refractivity contribution in [1.82, 2.24) is 0 Å². The minimum atomic E-state index is -0.498. The highest BCUT2D eigenvalue weighted by Crippen LogP contribution is 2.24. The van der Waals surface area contributed by atoms with Gasteiger partial charge in [0, 0.05) is 16.9 Å². The zero-order valence-electron chi connectivity index (χ0n) is 10.7. The number of thiophene rings is 1. The topological polar surface area (TPSA) is 107 Å². The first-order valence-electron chi connectivity index (χ1n) is 5.64. The molecule has 0 saturated heterocycles. The molecule has 1 heterocycles. The van der Waals surface area contributed by atoms with Crippen molar-refractivity contribution >= 4 is 40.3 Å². The molecule has 20 heavy (non-hydrogen) atoms. The SMILES string of the molecule is COC(=O)c1sccc1NC(=O)c1cc(N)cc(N)c1. The lowest BCUT2D eigenvalue weighted by Gasteiger charge is -2.07. The quantitative estimate of drug-likeness (QED) is 0.592. The summed E-state index contributed by atoms with van der Waals surface area (Å²) in [6.45, 7) is 0. The van der Waals surface area contributed by atoms with Crippen molar-refractivity contribution in [2.75, 3.05) is 23.9 Å². The van der Waals surface area contributed by atoms with Crippen LogP contribution < -0.4 is 16.8 Å². The first kappa shape index (κ1) is 13.9. The van der Waals surface area contributed by atoms with E-state index in [1.165, 1.54) is 30.6 Å². The highest BCUT2D eigenvalue weighted by molar-refractivity contribution is 7.12. The number of methoxy groups -OCH3 is 1. The van der Waals surface area contributed by atoms with Crippen LogP contribution in [0.1, 0.15) is 20.0 Å². The molecule has 0 bridgehead atoms. The molecule has 5 N–H and O–H groups in total. The summed E-state index contributed by atoms with van der Waals surface area (Å²) in [7, 11) is 1.28. The summed E-state index contributed by atoms with van der Waals surface area (Å²) in [4.78, 5) is 24.0. The fourth-order valence-corrected chi connectivity index (χ4v) is 2.43. The Bertz CT molecular complexity index is 646. The van der Waals surface area contributed by atoms with E-state index in [1.807, 2.05) is 0 Å². The number of esters is 1. The van der Waals surface area contributed by atoms with Crippen LogP contribution >= 0.6 is 11.3 Å². The standard InChI is InChI=1S/C13H13N3O3S/c1-19-13(18)11-10(2-3-20-11)16-12(17)7-4-8(14)6-9(15)5-7/h2-6H,14-15H2,1H3,(H,16,17). The molecule has 0 aliphatic carbocycles. The van der Waals surface area contributed by atoms with Gasteiger partial charge in [-0.3, -0.25) is 4.79 Å². The molecule has 1 aromatic heterocycles. The number of rotatable bonds is 3. The second-order valence-corrected chi connectivity index (χ2v) is 4.91. The number of carbonyl (C=O) groups excluding carboxylic acids is 2. The third-order valence-electron chi connectivity index (χ3n) is 2.52. The zero-order chi connectivity index (χ0) is 14.7. The van der Waals surface area contributed by atoms with Gasteiger partial charge in [0.2, 0.25) is 0 Å². The first-order valence-corrected chi connectivity index (χ1v) is 6.52. The van der Waals surface area contributed by atoms with Crippen molar-refractivity contribution in [3.05, 3.63) is 40.1 Å². The molecule has 0 radical (unpaired) electrons. The number of carbonyl (C=O) groups is 2. The number of anilines is 3. The second-order valence-electron chi connectivity index (χ2n) is 4.00. The van der Waals surface area contributed by atoms with Crippen LogP contribution in [0.5, 0.6) is 0 Å². The van der Waals surface area contributed by atoms with E-state index in [-0.39, 0.29) is 0 Å². The average molecular weight is 291 g/mol. The Balaban J connectivity index is 2.24. The van der Waals surface area contributed by atoms with Gasteiger partial charge in [-0.05, 0) is 29.6 Å². The van der Waals surface area contributed by atoms with Crippen molar-refractivity contribution in [2.45, 2.75) is 0 Å². The van der Waals surface area contributed by atoms with Gasteiger partial charge in [-0.25, -0.2) is 4.79 Å². The van der Waals surface area contributed by atoms with E-state index in [0.717, 1.165) is 0 Å². The van der Waals surface area contributed by atoms with Gasteiger partial charge in [0.1, 0.15) is 4.88 Å². The molecule has 0 aliphatic heterocycles. The summed E-state index contributed by atoms with van der Waals surface area (Å²) in [5.74, 6) is -0.894. The highest BCUT2D eigenvalue weighted by Gasteiger charge is 2.16. The summed E-state index contributed by atoms with van der Waals surface area (Å²) in [5.41, 5.74) is 12.8. The molecule has 0 saturated carbocycles. The molecule has 104 valence electrons. The van der Waals surface area contributed by atoms with Gasteiger partial charge in [0.15, 0.2) is 0 Å². The van der Waals surface area contributed by atoms with Gasteiger partial charge in [-0.2, -0.15) is 0 Å². The maximum absolute atomic E-state index is 12.1. The van der Waals surface area contributed by atoms with Crippen molar-refractivity contribution in [3.8, 4) is 0 Å². The van der Waals surface area contributed by atoms with Crippen LogP contribution in [0.4, 0.5) is 17.1 Å². The number of nitrogens with one attached hydrogen (secondary N) is 1. The smallest absolute Gasteiger partial charge is 0.350 e. The maximum atomic E-state index is 12.1. The van der Waals surface area contributed by atoms with Gasteiger partial charge in [0.05, 0.1) is 12.8 Å². The van der Waals surface area contributed by atoms with Gasteiger partial charge in [-0.15, -0.1) is 11.3 Å². The molecule has 0 fully saturated rings. The number of nitrogen functional groups attached to an aromatic ring is 2. The maximum Gasteiger partial charge on any atom is 0.350 e. The summed E-state index contributed by atoms with van der Waals surface area (Å²) < 4.78 is 4.64. The molecular weight excluding hydrogens is 278 g/mol. The Hall–Kier alpha value is -2.54. The van der Waals surface area contributed by atoms with Crippen LogP contribution in [-0.4, -0.2) is 19.0 Å². The summed E-state index contributed by atoms with van der Waals surface area (Å²) >= 11 is 1.19. The lowest BCUT2D eigenvalue weighted by molar-refractivity contribution is 0.0607. The second kappa shape index (κ2) is 5.62. The fourth-order valence-electron chi connectivity index (χ4n) is 1.66. The number of benzene rings is 1. The third-order valence-corrected chi connectivity index (χ3v) is 3.42. The molecule has 0 aliphatic rings. The Labute approximate surface area is 119 Å². The molecule has 0 spiro atoms. The van der Waals surface area contributed by atoms with Crippen LogP contribution in [0.15, 0.2) is 29.6 Å². The molecular formula is C13H13N3O3S. The molecule has 1 amide bonds. The minimum absolute atomic E-state index is 0.324. The molecule has 2 aromatic rings. The van der Waals surface area contributed by atoms with Crippen LogP contribution in [0.2, 0.25) is 0 Å². The van der Waals surface area contributed by atoms with Crippen LogP contribution in [0.25, 0.3) is 0 Å². The monoisotopic (exact) mass is 291 g/mol. The Morgan fingerprint density at radius 1 is 1.20 bits per heavy atom. The van der Waals surface area contributed by atoms with E-state index in [0.29, 0.717) is 27.5 Å². The number of hydrogen-bond acceptors (Lipinski definition) is 6. The summed E-state index contributed by atoms with van der Waals surface area (Å²) in [6, 6.07) is 6.21. The molecule has 0 atom stereocenters. The molecule has 1 aromatic carbocycles. The van der Waals surface area contributed by atoms with Crippen molar-refractivity contribution < 1.29 is 14.3 Å². The average Bonchev–Trinajstić information content (AvgIpc) is 2.84. The van der Waals surface area contributed by atoms with Crippen molar-refractivity contribution in [3.63, 3.8) is 0 Å². The predicted octanol–water partition coefficient (Wildman–Crippen LogP) is 1.95. The highest BCUT2D eigenvalue weighted by atomic mass is 32.1.